The lowest BCUT2D eigenvalue weighted by atomic mass is 9.80. The summed E-state index contributed by atoms with van der Waals surface area (Å²) in [6.07, 6.45) is 4.22. The van der Waals surface area contributed by atoms with Crippen LogP contribution in [0.25, 0.3) is 0 Å². The van der Waals surface area contributed by atoms with Crippen molar-refractivity contribution in [2.24, 2.45) is 23.2 Å². The molecule has 2 saturated carbocycles. The van der Waals surface area contributed by atoms with Gasteiger partial charge < -0.3 is 20.9 Å². The molecule has 0 aromatic heterocycles. The number of likely N-dealkylation sites (tertiary alicyclic amines) is 1. The minimum absolute atomic E-state index is 0.0475. The summed E-state index contributed by atoms with van der Waals surface area (Å²) in [7, 11) is 1.73. The zero-order valence-corrected chi connectivity index (χ0v) is 17.9. The molecule has 8 heteroatoms. The summed E-state index contributed by atoms with van der Waals surface area (Å²) in [5.41, 5.74) is 0.0475. The van der Waals surface area contributed by atoms with Crippen LogP contribution in [0.5, 0.6) is 0 Å². The summed E-state index contributed by atoms with van der Waals surface area (Å²) >= 11 is 5.25. The Morgan fingerprint density at radius 2 is 2.00 bits per heavy atom. The van der Waals surface area contributed by atoms with Crippen molar-refractivity contribution in [2.75, 3.05) is 13.6 Å². The van der Waals surface area contributed by atoms with Crippen LogP contribution < -0.4 is 16.0 Å². The lowest BCUT2D eigenvalue weighted by Gasteiger charge is -2.36. The topological polar surface area (TPSA) is 97.3 Å². The molecule has 154 valence electrons. The van der Waals surface area contributed by atoms with Gasteiger partial charge in [-0.1, -0.05) is 33.1 Å². The summed E-state index contributed by atoms with van der Waals surface area (Å²) < 4.78 is 0. The van der Waals surface area contributed by atoms with Crippen molar-refractivity contribution in [1.29, 1.82) is 5.26 Å². The molecule has 28 heavy (non-hydrogen) atoms. The average molecular weight is 406 g/mol. The first-order chi connectivity index (χ1) is 13.2. The molecule has 0 aromatic carbocycles. The molecule has 1 aliphatic heterocycles. The van der Waals surface area contributed by atoms with Gasteiger partial charge in [-0.05, 0) is 48.7 Å². The summed E-state index contributed by atoms with van der Waals surface area (Å²) in [6.45, 7) is 6.54. The van der Waals surface area contributed by atoms with Gasteiger partial charge in [-0.15, -0.1) is 0 Å². The molecule has 0 spiro atoms. The standard InChI is InChI=1S/C20H31N5O2S/c1-11(9-21)23-17(26)16-15-13(20(15,2)3)10-25(16)18(27)14(24-19(28)22-4)8-12-6-5-7-12/h11-16H,5-8,10H2,1-4H3,(H,23,26)(H2,22,24,28)/t11-,13-,14-,15-,16-/m0/s1. The van der Waals surface area contributed by atoms with Crippen LogP contribution in [0.1, 0.15) is 46.5 Å². The zero-order chi connectivity index (χ0) is 20.6. The molecule has 0 unspecified atom stereocenters. The van der Waals surface area contributed by atoms with Crippen LogP contribution >= 0.6 is 12.2 Å². The van der Waals surface area contributed by atoms with Crippen LogP contribution in [-0.2, 0) is 9.59 Å². The molecule has 0 radical (unpaired) electrons. The van der Waals surface area contributed by atoms with Gasteiger partial charge in [0.2, 0.25) is 11.8 Å². The zero-order valence-electron chi connectivity index (χ0n) is 17.1. The van der Waals surface area contributed by atoms with Crippen molar-refractivity contribution in [1.82, 2.24) is 20.9 Å². The van der Waals surface area contributed by atoms with Gasteiger partial charge in [0.1, 0.15) is 18.1 Å². The second kappa shape index (κ2) is 7.86. The SMILES string of the molecule is CNC(=S)N[C@@H](CC1CCC1)C(=O)N1C[C@H]2[C@@H]([C@H]1C(=O)N[C@@H](C)C#N)C2(C)C. The molecule has 2 amide bonds. The fourth-order valence-electron chi connectivity index (χ4n) is 4.86. The first kappa shape index (κ1) is 20.8. The molecular weight excluding hydrogens is 374 g/mol. The smallest absolute Gasteiger partial charge is 0.245 e. The maximum atomic E-state index is 13.5. The Labute approximate surface area is 172 Å². The number of piperidine rings is 1. The fourth-order valence-corrected chi connectivity index (χ4v) is 5.00. The maximum absolute atomic E-state index is 13.5. The van der Waals surface area contributed by atoms with Gasteiger partial charge in [0.25, 0.3) is 0 Å². The lowest BCUT2D eigenvalue weighted by Crippen LogP contribution is -2.57. The van der Waals surface area contributed by atoms with Gasteiger partial charge in [0, 0.05) is 13.6 Å². The minimum Gasteiger partial charge on any atom is -0.366 e. The quantitative estimate of drug-likeness (QED) is 0.574. The number of hydrogen-bond acceptors (Lipinski definition) is 4. The van der Waals surface area contributed by atoms with Gasteiger partial charge in [-0.25, -0.2) is 0 Å². The lowest BCUT2D eigenvalue weighted by molar-refractivity contribution is -0.142. The predicted octanol–water partition coefficient (Wildman–Crippen LogP) is 1.15. The molecule has 3 N–H and O–H groups in total. The normalized spacial score (nSPS) is 29.5. The Bertz CT molecular complexity index is 699. The Morgan fingerprint density at radius 1 is 1.32 bits per heavy atom. The average Bonchev–Trinajstić information content (AvgIpc) is 2.97. The van der Waals surface area contributed by atoms with Crippen molar-refractivity contribution in [3.8, 4) is 6.07 Å². The first-order valence-electron chi connectivity index (χ1n) is 10.2. The summed E-state index contributed by atoms with van der Waals surface area (Å²) in [5, 5.41) is 18.3. The van der Waals surface area contributed by atoms with E-state index < -0.39 is 18.1 Å². The van der Waals surface area contributed by atoms with Crippen LogP contribution in [0.15, 0.2) is 0 Å². The van der Waals surface area contributed by atoms with Crippen LogP contribution in [0.4, 0.5) is 0 Å². The molecule has 7 nitrogen and oxygen atoms in total. The largest absolute Gasteiger partial charge is 0.366 e. The number of fused-ring (bicyclic) bond motifs is 1. The molecule has 1 heterocycles. The summed E-state index contributed by atoms with van der Waals surface area (Å²) in [6, 6.07) is 0.521. The van der Waals surface area contributed by atoms with E-state index in [1.807, 2.05) is 6.07 Å². The van der Waals surface area contributed by atoms with E-state index in [0.717, 1.165) is 19.3 Å². The number of thiocarbonyl (C=S) groups is 1. The predicted molar refractivity (Wildman–Crippen MR) is 110 cm³/mol. The van der Waals surface area contributed by atoms with Gasteiger partial charge >= 0.3 is 0 Å². The highest BCUT2D eigenvalue weighted by Gasteiger charge is 2.69. The highest BCUT2D eigenvalue weighted by Crippen LogP contribution is 2.64. The van der Waals surface area contributed by atoms with Crippen LogP contribution in [0.3, 0.4) is 0 Å². The molecule has 3 fully saturated rings. The number of hydrogen-bond donors (Lipinski definition) is 3. The number of nitriles is 1. The third kappa shape index (κ3) is 3.82. The number of carbonyl (C=O) groups is 2. The van der Waals surface area contributed by atoms with Gasteiger partial charge in [0.05, 0.1) is 6.07 Å². The monoisotopic (exact) mass is 405 g/mol. The molecule has 0 aromatic rings. The van der Waals surface area contributed by atoms with Crippen molar-refractivity contribution < 1.29 is 9.59 Å². The van der Waals surface area contributed by atoms with Gasteiger partial charge in [0.15, 0.2) is 5.11 Å². The highest BCUT2D eigenvalue weighted by molar-refractivity contribution is 7.80. The van der Waals surface area contributed by atoms with E-state index >= 15 is 0 Å². The second-order valence-corrected chi connectivity index (χ2v) is 9.47. The summed E-state index contributed by atoms with van der Waals surface area (Å²) in [5.74, 6) is 0.713. The molecule has 2 aliphatic carbocycles. The fraction of sp³-hybridized carbons (Fsp3) is 0.800. The molecule has 1 saturated heterocycles. The van der Waals surface area contributed by atoms with E-state index in [0.29, 0.717) is 23.5 Å². The van der Waals surface area contributed by atoms with Crippen molar-refractivity contribution >= 4 is 29.1 Å². The Balaban J connectivity index is 1.77. The van der Waals surface area contributed by atoms with E-state index in [1.165, 1.54) is 6.42 Å². The highest BCUT2D eigenvalue weighted by atomic mass is 32.1. The van der Waals surface area contributed by atoms with Crippen LogP contribution in [-0.4, -0.2) is 53.5 Å². The number of rotatable bonds is 6. The molecular formula is C20H31N5O2S. The van der Waals surface area contributed by atoms with E-state index in [2.05, 4.69) is 29.8 Å². The van der Waals surface area contributed by atoms with E-state index in [9.17, 15) is 9.59 Å². The van der Waals surface area contributed by atoms with Crippen molar-refractivity contribution in [3.63, 3.8) is 0 Å². The number of amides is 2. The Hall–Kier alpha value is -1.88. The third-order valence-corrected chi connectivity index (χ3v) is 7.26. The van der Waals surface area contributed by atoms with Crippen LogP contribution in [0, 0.1) is 34.5 Å². The van der Waals surface area contributed by atoms with Crippen molar-refractivity contribution in [2.45, 2.75) is 64.6 Å². The maximum Gasteiger partial charge on any atom is 0.245 e. The van der Waals surface area contributed by atoms with E-state index in [1.54, 1.807) is 18.9 Å². The van der Waals surface area contributed by atoms with Crippen molar-refractivity contribution in [3.05, 3.63) is 0 Å². The number of nitrogens with one attached hydrogen (secondary N) is 3. The Kier molecular flexibility index (Phi) is 5.85. The van der Waals surface area contributed by atoms with E-state index in [4.69, 9.17) is 17.5 Å². The second-order valence-electron chi connectivity index (χ2n) is 9.06. The minimum atomic E-state index is -0.578. The first-order valence-corrected chi connectivity index (χ1v) is 10.6. The molecule has 3 aliphatic rings. The summed E-state index contributed by atoms with van der Waals surface area (Å²) in [4.78, 5) is 28.1. The molecule has 5 atom stereocenters. The van der Waals surface area contributed by atoms with E-state index in [-0.39, 0.29) is 23.1 Å². The van der Waals surface area contributed by atoms with Crippen LogP contribution in [0.2, 0.25) is 0 Å². The third-order valence-electron chi connectivity index (χ3n) is 6.94. The molecule has 3 rings (SSSR count). The Morgan fingerprint density at radius 3 is 2.54 bits per heavy atom. The number of carbonyl (C=O) groups excluding carboxylic acids is 2. The number of nitrogens with zero attached hydrogens (tertiary/aromatic N) is 2. The van der Waals surface area contributed by atoms with Gasteiger partial charge in [-0.3, -0.25) is 9.59 Å². The van der Waals surface area contributed by atoms with Gasteiger partial charge in [-0.2, -0.15) is 5.26 Å². The molecule has 0 bridgehead atoms.